The summed E-state index contributed by atoms with van der Waals surface area (Å²) in [6, 6.07) is 0. The summed E-state index contributed by atoms with van der Waals surface area (Å²) in [5.74, 6) is -2.20. The molecule has 2 N–H and O–H groups in total. The number of ether oxygens (including phenoxy) is 1. The third kappa shape index (κ3) is 2.08. The molecule has 0 aromatic heterocycles. The number of aliphatic hydroxyl groups is 2. The van der Waals surface area contributed by atoms with Crippen molar-refractivity contribution in [2.45, 2.75) is 71.7 Å². The molecule has 6 nitrogen and oxygen atoms in total. The highest BCUT2D eigenvalue weighted by Crippen LogP contribution is 2.70. The van der Waals surface area contributed by atoms with Crippen LogP contribution in [0.3, 0.4) is 0 Å². The van der Waals surface area contributed by atoms with Gasteiger partial charge in [0.05, 0.1) is 17.6 Å². The van der Waals surface area contributed by atoms with Crippen LogP contribution in [0.5, 0.6) is 0 Å². The zero-order chi connectivity index (χ0) is 20.8. The summed E-state index contributed by atoms with van der Waals surface area (Å²) in [5, 5.41) is 22.3. The molecule has 8 atom stereocenters. The lowest BCUT2D eigenvalue weighted by molar-refractivity contribution is -0.236. The fourth-order valence-electron chi connectivity index (χ4n) is 7.51. The molecular weight excluding hydrogens is 360 g/mol. The molecule has 0 heterocycles. The molecule has 2 bridgehead atoms. The van der Waals surface area contributed by atoms with Crippen molar-refractivity contribution >= 4 is 17.5 Å². The van der Waals surface area contributed by atoms with Crippen LogP contribution in [0.4, 0.5) is 0 Å². The molecule has 4 aliphatic rings. The van der Waals surface area contributed by atoms with E-state index in [1.54, 1.807) is 0 Å². The van der Waals surface area contributed by atoms with Crippen molar-refractivity contribution in [3.8, 4) is 0 Å². The maximum Gasteiger partial charge on any atom is 0.302 e. The second kappa shape index (κ2) is 5.76. The fraction of sp³-hybridized carbons (Fsp3) is 0.773. The second-order valence-electron chi connectivity index (χ2n) is 10.2. The molecule has 4 aliphatic carbocycles. The monoisotopic (exact) mass is 390 g/mol. The number of aliphatic hydroxyl groups excluding tert-OH is 2. The number of Topliss-reactive ketones (excluding diaryl/α,β-unsaturated/α-hetero) is 2. The van der Waals surface area contributed by atoms with E-state index in [0.29, 0.717) is 12.8 Å². The summed E-state index contributed by atoms with van der Waals surface area (Å²) in [6.45, 7) is 11.3. The van der Waals surface area contributed by atoms with Crippen molar-refractivity contribution in [1.82, 2.24) is 0 Å². The largest absolute Gasteiger partial charge is 0.462 e. The van der Waals surface area contributed by atoms with Crippen molar-refractivity contribution in [3.63, 3.8) is 0 Å². The molecule has 0 aromatic rings. The first-order valence-electron chi connectivity index (χ1n) is 10.2. The maximum atomic E-state index is 13.3. The number of fused-ring (bicyclic) bond motifs is 3. The Morgan fingerprint density at radius 3 is 2.46 bits per heavy atom. The SMILES string of the molecule is C=C1C(=O)[C@@]23[C@H](O)C[C@@H]4C(C)(C)[C@@H](OC(C)=O)CC[C@@]4(C)[C@@H]2C(=O)C[C@@H]1[C@H]3O. The van der Waals surface area contributed by atoms with E-state index in [1.165, 1.54) is 6.92 Å². The fourth-order valence-corrected chi connectivity index (χ4v) is 7.51. The van der Waals surface area contributed by atoms with Gasteiger partial charge in [-0.05, 0) is 36.2 Å². The molecule has 1 spiro atoms. The summed E-state index contributed by atoms with van der Waals surface area (Å²) < 4.78 is 5.58. The van der Waals surface area contributed by atoms with Crippen molar-refractivity contribution in [1.29, 1.82) is 0 Å². The summed E-state index contributed by atoms with van der Waals surface area (Å²) in [4.78, 5) is 38.1. The van der Waals surface area contributed by atoms with E-state index in [4.69, 9.17) is 4.74 Å². The number of esters is 1. The van der Waals surface area contributed by atoms with Gasteiger partial charge in [-0.3, -0.25) is 14.4 Å². The van der Waals surface area contributed by atoms with Gasteiger partial charge in [0.1, 0.15) is 11.9 Å². The molecule has 0 saturated heterocycles. The van der Waals surface area contributed by atoms with Gasteiger partial charge in [-0.15, -0.1) is 0 Å². The summed E-state index contributed by atoms with van der Waals surface area (Å²) >= 11 is 0. The van der Waals surface area contributed by atoms with Gasteiger partial charge in [0.25, 0.3) is 0 Å². The Balaban J connectivity index is 1.84. The molecule has 28 heavy (non-hydrogen) atoms. The molecule has 4 saturated carbocycles. The van der Waals surface area contributed by atoms with E-state index in [9.17, 15) is 24.6 Å². The van der Waals surface area contributed by atoms with Gasteiger partial charge in [-0.2, -0.15) is 0 Å². The van der Waals surface area contributed by atoms with Crippen LogP contribution in [0.1, 0.15) is 53.4 Å². The van der Waals surface area contributed by atoms with Crippen molar-refractivity contribution in [3.05, 3.63) is 12.2 Å². The number of hydrogen-bond acceptors (Lipinski definition) is 6. The zero-order valence-electron chi connectivity index (χ0n) is 17.0. The Morgan fingerprint density at radius 1 is 1.21 bits per heavy atom. The van der Waals surface area contributed by atoms with E-state index in [2.05, 4.69) is 6.58 Å². The van der Waals surface area contributed by atoms with Crippen LogP contribution in [-0.2, 0) is 19.1 Å². The van der Waals surface area contributed by atoms with E-state index >= 15 is 0 Å². The van der Waals surface area contributed by atoms with Crippen LogP contribution in [0.15, 0.2) is 12.2 Å². The van der Waals surface area contributed by atoms with Gasteiger partial charge in [0.2, 0.25) is 0 Å². The minimum absolute atomic E-state index is 0.0599. The Kier molecular flexibility index (Phi) is 4.07. The summed E-state index contributed by atoms with van der Waals surface area (Å²) in [5.41, 5.74) is -2.24. The predicted octanol–water partition coefficient (Wildman–Crippen LogP) is 1.82. The molecule has 0 aromatic carbocycles. The molecule has 154 valence electrons. The third-order valence-electron chi connectivity index (χ3n) is 8.67. The number of carbonyl (C=O) groups excluding carboxylic acids is 3. The van der Waals surface area contributed by atoms with Crippen molar-refractivity contribution in [2.75, 3.05) is 0 Å². The minimum Gasteiger partial charge on any atom is -0.462 e. The van der Waals surface area contributed by atoms with Crippen LogP contribution in [0.2, 0.25) is 0 Å². The van der Waals surface area contributed by atoms with Gasteiger partial charge >= 0.3 is 5.97 Å². The molecule has 0 amide bonds. The Labute approximate surface area is 165 Å². The van der Waals surface area contributed by atoms with Crippen LogP contribution in [0.25, 0.3) is 0 Å². The topological polar surface area (TPSA) is 101 Å². The summed E-state index contributed by atoms with van der Waals surface area (Å²) in [6.07, 6.45) is -0.938. The molecule has 0 unspecified atom stereocenters. The lowest BCUT2D eigenvalue weighted by Crippen LogP contribution is -2.70. The Bertz CT molecular complexity index is 784. The average Bonchev–Trinajstić information content (AvgIpc) is 2.71. The van der Waals surface area contributed by atoms with Gasteiger partial charge in [0.15, 0.2) is 5.78 Å². The van der Waals surface area contributed by atoms with Crippen LogP contribution in [0, 0.1) is 34.0 Å². The highest BCUT2D eigenvalue weighted by atomic mass is 16.5. The molecule has 0 aliphatic heterocycles. The van der Waals surface area contributed by atoms with Gasteiger partial charge in [-0.25, -0.2) is 0 Å². The van der Waals surface area contributed by atoms with E-state index < -0.39 is 40.3 Å². The maximum absolute atomic E-state index is 13.3. The molecule has 6 heteroatoms. The second-order valence-corrected chi connectivity index (χ2v) is 10.2. The number of carbonyl (C=O) groups is 3. The van der Waals surface area contributed by atoms with Gasteiger partial charge in [-0.1, -0.05) is 27.4 Å². The van der Waals surface area contributed by atoms with Gasteiger partial charge in [0, 0.05) is 30.6 Å². The normalized spacial score (nSPS) is 49.4. The molecule has 4 rings (SSSR count). The predicted molar refractivity (Wildman–Crippen MR) is 100.0 cm³/mol. The van der Waals surface area contributed by atoms with Crippen LogP contribution in [-0.4, -0.2) is 46.1 Å². The molecular formula is C22H30O6. The average molecular weight is 390 g/mol. The van der Waals surface area contributed by atoms with Gasteiger partial charge < -0.3 is 14.9 Å². The Morgan fingerprint density at radius 2 is 1.86 bits per heavy atom. The standard InChI is InChI=1S/C22H30O6/c1-10-12-8-13(24)17-21(5)7-6-16(28-11(2)23)20(3,4)14(21)9-15(25)22(17,18(10)26)19(12)27/h12,14-17,19,25,27H,1,6-9H2,2-5H3/t12-,14+,15+,16-,17-,19+,21+,22+/m0/s1. The quantitative estimate of drug-likeness (QED) is 0.523. The first-order valence-corrected chi connectivity index (χ1v) is 10.2. The van der Waals surface area contributed by atoms with Crippen LogP contribution >= 0.6 is 0 Å². The highest BCUT2D eigenvalue weighted by molar-refractivity contribution is 6.09. The third-order valence-corrected chi connectivity index (χ3v) is 8.67. The smallest absolute Gasteiger partial charge is 0.302 e. The van der Waals surface area contributed by atoms with Crippen LogP contribution < -0.4 is 0 Å². The molecule has 0 radical (unpaired) electrons. The zero-order valence-corrected chi connectivity index (χ0v) is 17.0. The summed E-state index contributed by atoms with van der Waals surface area (Å²) in [7, 11) is 0. The van der Waals surface area contributed by atoms with Crippen molar-refractivity contribution in [2.24, 2.45) is 34.0 Å². The Hall–Kier alpha value is -1.53. The van der Waals surface area contributed by atoms with E-state index in [0.717, 1.165) is 0 Å². The highest BCUT2D eigenvalue weighted by Gasteiger charge is 2.76. The lowest BCUT2D eigenvalue weighted by atomic mass is 9.39. The number of hydrogen-bond donors (Lipinski definition) is 2. The van der Waals surface area contributed by atoms with Crippen molar-refractivity contribution < 1.29 is 29.3 Å². The number of ketones is 2. The van der Waals surface area contributed by atoms with E-state index in [1.807, 2.05) is 20.8 Å². The lowest BCUT2D eigenvalue weighted by Gasteiger charge is -2.65. The minimum atomic E-state index is -1.48. The number of rotatable bonds is 1. The first-order chi connectivity index (χ1) is 12.9. The first kappa shape index (κ1) is 19.8. The molecule has 4 fully saturated rings. The van der Waals surface area contributed by atoms with E-state index in [-0.39, 0.29) is 48.0 Å².